The Morgan fingerprint density at radius 3 is 2.58 bits per heavy atom. The summed E-state index contributed by atoms with van der Waals surface area (Å²) in [6.07, 6.45) is 4.75. The van der Waals surface area contributed by atoms with Gasteiger partial charge in [-0.15, -0.1) is 0 Å². The molecule has 2 fully saturated rings. The lowest BCUT2D eigenvalue weighted by atomic mass is 9.96. The van der Waals surface area contributed by atoms with Crippen LogP contribution in [0.15, 0.2) is 23.1 Å². The highest BCUT2D eigenvalue weighted by Crippen LogP contribution is 2.42. The van der Waals surface area contributed by atoms with Crippen LogP contribution in [-0.4, -0.2) is 74.7 Å². The lowest BCUT2D eigenvalue weighted by Gasteiger charge is -2.28. The molecule has 0 saturated carbocycles. The molecule has 0 radical (unpaired) electrons. The number of carbonyl (C=O) groups is 2. The average molecular weight is 696 g/mol. The van der Waals surface area contributed by atoms with Crippen molar-refractivity contribution >= 4 is 59.9 Å². The third kappa shape index (κ3) is 6.27. The molecule has 3 aromatic heterocycles. The third-order valence-corrected chi connectivity index (χ3v) is 11.5. The van der Waals surface area contributed by atoms with Gasteiger partial charge >= 0.3 is 6.09 Å². The Morgan fingerprint density at radius 2 is 1.92 bits per heavy atom. The summed E-state index contributed by atoms with van der Waals surface area (Å²) in [6, 6.07) is 4.65. The number of rotatable bonds is 10. The van der Waals surface area contributed by atoms with Crippen LogP contribution in [-0.2, 0) is 29.8 Å². The number of ether oxygens (including phenoxy) is 2. The molecule has 48 heavy (non-hydrogen) atoms. The number of nitrogens with zero attached hydrogens (tertiary/aromatic N) is 6. The molecule has 12 nitrogen and oxygen atoms in total. The summed E-state index contributed by atoms with van der Waals surface area (Å²) in [5.74, 6) is 0.551. The predicted molar refractivity (Wildman–Crippen MR) is 191 cm³/mol. The van der Waals surface area contributed by atoms with Crippen molar-refractivity contribution < 1.29 is 19.1 Å². The van der Waals surface area contributed by atoms with E-state index in [1.54, 1.807) is 16.3 Å². The van der Waals surface area contributed by atoms with Crippen LogP contribution in [0.2, 0.25) is 30.7 Å². The molecule has 0 spiro atoms. The van der Waals surface area contributed by atoms with Crippen molar-refractivity contribution in [3.05, 3.63) is 39.4 Å². The minimum atomic E-state index is -1.33. The first-order valence-corrected chi connectivity index (χ1v) is 20.8. The summed E-state index contributed by atoms with van der Waals surface area (Å²) in [5, 5.41) is 8.94. The summed E-state index contributed by atoms with van der Waals surface area (Å²) in [4.78, 5) is 46.6. The molecule has 2 saturated heterocycles. The van der Waals surface area contributed by atoms with Crippen molar-refractivity contribution in [2.75, 3.05) is 11.5 Å². The lowest BCUT2D eigenvalue weighted by molar-refractivity contribution is 0.0497. The van der Waals surface area contributed by atoms with E-state index in [4.69, 9.17) is 26.1 Å². The minimum absolute atomic E-state index is 0.0253. The number of anilines is 1. The lowest BCUT2D eigenvalue weighted by Crippen LogP contribution is -2.46. The van der Waals surface area contributed by atoms with Gasteiger partial charge in [0.15, 0.2) is 11.9 Å². The van der Waals surface area contributed by atoms with Gasteiger partial charge in [-0.1, -0.05) is 37.3 Å². The van der Waals surface area contributed by atoms with Crippen LogP contribution < -0.4 is 15.8 Å². The fourth-order valence-corrected chi connectivity index (χ4v) is 8.18. The number of aldehydes is 1. The largest absolute Gasteiger partial charge is 0.444 e. The quantitative estimate of drug-likeness (QED) is 0.118. The number of fused-ring (bicyclic) bond motifs is 4. The highest BCUT2D eigenvalue weighted by Gasteiger charge is 2.49. The van der Waals surface area contributed by atoms with E-state index in [0.29, 0.717) is 62.9 Å². The molecule has 1 aromatic carbocycles. The van der Waals surface area contributed by atoms with Gasteiger partial charge in [0.25, 0.3) is 5.56 Å². The van der Waals surface area contributed by atoms with Crippen LogP contribution in [0.5, 0.6) is 0 Å². The number of aromatic nitrogens is 5. The number of aryl methyl sites for hydroxylation is 1. The number of carbonyl (C=O) groups excluding carboxylic acids is 2. The highest BCUT2D eigenvalue weighted by molar-refractivity contribution is 6.76. The highest BCUT2D eigenvalue weighted by atomic mass is 35.5. The van der Waals surface area contributed by atoms with E-state index in [-0.39, 0.29) is 30.4 Å². The molecule has 2 aliphatic rings. The van der Waals surface area contributed by atoms with E-state index < -0.39 is 19.8 Å². The van der Waals surface area contributed by atoms with Crippen molar-refractivity contribution in [2.45, 2.75) is 110 Å². The van der Waals surface area contributed by atoms with Crippen LogP contribution in [0.1, 0.15) is 57.4 Å². The normalized spacial score (nSPS) is 19.5. The van der Waals surface area contributed by atoms with Crippen molar-refractivity contribution in [3.8, 4) is 11.1 Å². The predicted octanol–water partition coefficient (Wildman–Crippen LogP) is 6.18. The maximum Gasteiger partial charge on any atom is 0.407 e. The van der Waals surface area contributed by atoms with Gasteiger partial charge < -0.3 is 24.3 Å². The Kier molecular flexibility index (Phi) is 9.01. The van der Waals surface area contributed by atoms with E-state index >= 15 is 0 Å². The van der Waals surface area contributed by atoms with Crippen LogP contribution in [0.3, 0.4) is 0 Å². The van der Waals surface area contributed by atoms with Crippen LogP contribution in [0, 0.1) is 0 Å². The second-order valence-corrected chi connectivity index (χ2v) is 21.2. The topological polar surface area (TPSA) is 126 Å². The molecule has 258 valence electrons. The SMILES string of the molecule is CCn1nc2ccc(-c3cn(COCC[Si](C)(C)C)c4nc(N5C6CC[C@H]5C[C@H]6NC(=O)OC(C)(C)C)n(C)c(=O)c34)c(Cl)c2c1C=O. The van der Waals surface area contributed by atoms with Crippen LogP contribution in [0.4, 0.5) is 10.7 Å². The van der Waals surface area contributed by atoms with Crippen molar-refractivity contribution in [2.24, 2.45) is 7.05 Å². The first-order valence-electron chi connectivity index (χ1n) is 16.7. The van der Waals surface area contributed by atoms with E-state index in [1.807, 2.05) is 50.6 Å². The zero-order chi connectivity index (χ0) is 34.7. The summed E-state index contributed by atoms with van der Waals surface area (Å²) in [6.45, 7) is 15.7. The van der Waals surface area contributed by atoms with Crippen molar-refractivity contribution in [1.29, 1.82) is 0 Å². The van der Waals surface area contributed by atoms with E-state index in [9.17, 15) is 14.4 Å². The molecule has 1 amide bonds. The number of halogens is 1. The van der Waals surface area contributed by atoms with Crippen LogP contribution >= 0.6 is 11.6 Å². The maximum atomic E-state index is 14.4. The van der Waals surface area contributed by atoms with Gasteiger partial charge in [0.2, 0.25) is 5.95 Å². The summed E-state index contributed by atoms with van der Waals surface area (Å²) >= 11 is 7.06. The molecule has 5 heterocycles. The monoisotopic (exact) mass is 695 g/mol. The summed E-state index contributed by atoms with van der Waals surface area (Å²) in [7, 11) is 0.414. The third-order valence-electron chi connectivity index (χ3n) is 9.35. The standard InChI is InChI=1S/C34H46ClN7O5Si/c1-9-41-26(18-43)28-23(38-41)12-11-21(29(28)35)22-17-40(19-46-14-15-48(6,7)8)30-27(22)31(44)39(5)32(37-30)42-20-10-13-25(42)24(16-20)36-33(45)47-34(2,3)4/h11-12,17-18,20,24-25H,9-10,13-16,19H2,1-8H3,(H,36,45)/t20-,24+,25?/m0/s1. The van der Waals surface area contributed by atoms with Crippen molar-refractivity contribution in [1.82, 2.24) is 29.2 Å². The molecule has 2 aliphatic heterocycles. The summed E-state index contributed by atoms with van der Waals surface area (Å²) < 4.78 is 16.8. The summed E-state index contributed by atoms with van der Waals surface area (Å²) in [5.41, 5.74) is 1.91. The Bertz CT molecular complexity index is 1950. The Labute approximate surface area is 286 Å². The Morgan fingerprint density at radius 1 is 1.17 bits per heavy atom. The van der Waals surface area contributed by atoms with Gasteiger partial charge in [0.1, 0.15) is 18.0 Å². The van der Waals surface area contributed by atoms with Gasteiger partial charge in [0, 0.05) is 57.0 Å². The number of hydrogen-bond donors (Lipinski definition) is 1. The molecule has 3 atom stereocenters. The number of amides is 1. The molecule has 2 bridgehead atoms. The van der Waals surface area contributed by atoms with E-state index in [2.05, 4.69) is 35.0 Å². The molecule has 1 N–H and O–H groups in total. The Hall–Kier alpha value is -3.68. The average Bonchev–Trinajstić information content (AvgIpc) is 3.75. The second kappa shape index (κ2) is 12.6. The van der Waals surface area contributed by atoms with E-state index in [1.165, 1.54) is 0 Å². The number of nitrogens with one attached hydrogen (secondary N) is 1. The molecule has 14 heteroatoms. The fourth-order valence-electron chi connectivity index (χ4n) is 7.07. The first kappa shape index (κ1) is 34.2. The zero-order valence-corrected chi connectivity index (χ0v) is 30.8. The molecular formula is C34H46ClN7O5Si. The van der Waals surface area contributed by atoms with Crippen molar-refractivity contribution in [3.63, 3.8) is 0 Å². The van der Waals surface area contributed by atoms with E-state index in [0.717, 1.165) is 31.6 Å². The smallest absolute Gasteiger partial charge is 0.407 e. The van der Waals surface area contributed by atoms with Gasteiger partial charge in [-0.3, -0.25) is 18.8 Å². The maximum absolute atomic E-state index is 14.4. The van der Waals surface area contributed by atoms with Gasteiger partial charge in [-0.2, -0.15) is 10.1 Å². The molecule has 1 unspecified atom stereocenters. The molecule has 0 aliphatic carbocycles. The Balaban J connectivity index is 1.45. The fraction of sp³-hybridized carbons (Fsp3) is 0.559. The molecule has 6 rings (SSSR count). The van der Waals surface area contributed by atoms with Gasteiger partial charge in [-0.05, 0) is 59.1 Å². The zero-order valence-electron chi connectivity index (χ0n) is 29.1. The minimum Gasteiger partial charge on any atom is -0.444 e. The van der Waals surface area contributed by atoms with Gasteiger partial charge in [-0.25, -0.2) is 4.79 Å². The molecular weight excluding hydrogens is 650 g/mol. The van der Waals surface area contributed by atoms with Crippen LogP contribution in [0.25, 0.3) is 33.1 Å². The number of hydrogen-bond acceptors (Lipinski definition) is 8. The number of benzene rings is 1. The molecule has 4 aromatic rings. The second-order valence-electron chi connectivity index (χ2n) is 15.2. The number of alkyl carbamates (subject to hydrolysis) is 1. The van der Waals surface area contributed by atoms with Gasteiger partial charge in [0.05, 0.1) is 28.0 Å². The first-order chi connectivity index (χ1) is 22.6.